The quantitative estimate of drug-likeness (QED) is 0.861. The highest BCUT2D eigenvalue weighted by Gasteiger charge is 2.21. The van der Waals surface area contributed by atoms with Crippen LogP contribution in [0.25, 0.3) is 5.82 Å². The molecule has 0 saturated heterocycles. The Morgan fingerprint density at radius 3 is 2.61 bits per heavy atom. The summed E-state index contributed by atoms with van der Waals surface area (Å²) in [5.74, 6) is -0.823. The highest BCUT2D eigenvalue weighted by Crippen LogP contribution is 2.19. The van der Waals surface area contributed by atoms with E-state index in [1.807, 2.05) is 13.8 Å². The molecule has 7 heteroatoms. The number of carbonyl (C=O) groups is 1. The van der Waals surface area contributed by atoms with Gasteiger partial charge in [-0.25, -0.2) is 9.78 Å². The number of aromatic nitrogens is 5. The zero-order valence-electron chi connectivity index (χ0n) is 10.2. The molecule has 18 heavy (non-hydrogen) atoms. The molecule has 1 N–H and O–H groups in total. The van der Waals surface area contributed by atoms with Crippen molar-refractivity contribution in [2.45, 2.75) is 26.7 Å². The van der Waals surface area contributed by atoms with Crippen LogP contribution >= 0.6 is 0 Å². The van der Waals surface area contributed by atoms with Crippen LogP contribution in [0.3, 0.4) is 0 Å². The van der Waals surface area contributed by atoms with Crippen molar-refractivity contribution in [1.29, 1.82) is 0 Å². The standard InChI is InChI=1S/C11H13N5O2/c1-3-7-8(4-2)14-15-10(9(7)11(17)18)16-6-12-5-13-16/h5-6H,3-4H2,1-2H3,(H,17,18). The Labute approximate surface area is 104 Å². The lowest BCUT2D eigenvalue weighted by molar-refractivity contribution is 0.0694. The zero-order valence-corrected chi connectivity index (χ0v) is 10.2. The van der Waals surface area contributed by atoms with E-state index in [4.69, 9.17) is 0 Å². The Bertz CT molecular complexity index is 565. The van der Waals surface area contributed by atoms with Gasteiger partial charge in [0.05, 0.1) is 5.69 Å². The van der Waals surface area contributed by atoms with E-state index >= 15 is 0 Å². The molecule has 0 radical (unpaired) electrons. The summed E-state index contributed by atoms with van der Waals surface area (Å²) in [4.78, 5) is 15.2. The van der Waals surface area contributed by atoms with Gasteiger partial charge in [0.15, 0.2) is 5.82 Å². The predicted molar refractivity (Wildman–Crippen MR) is 62.7 cm³/mol. The summed E-state index contributed by atoms with van der Waals surface area (Å²) in [6, 6.07) is 0. The van der Waals surface area contributed by atoms with Gasteiger partial charge >= 0.3 is 5.97 Å². The highest BCUT2D eigenvalue weighted by atomic mass is 16.4. The first kappa shape index (κ1) is 12.2. The van der Waals surface area contributed by atoms with Crippen molar-refractivity contribution >= 4 is 5.97 Å². The molecule has 94 valence electrons. The van der Waals surface area contributed by atoms with E-state index in [2.05, 4.69) is 20.3 Å². The molecular weight excluding hydrogens is 234 g/mol. The minimum atomic E-state index is -1.03. The first-order valence-electron chi connectivity index (χ1n) is 5.65. The van der Waals surface area contributed by atoms with Gasteiger partial charge in [0.25, 0.3) is 0 Å². The van der Waals surface area contributed by atoms with Crippen LogP contribution in [-0.2, 0) is 12.8 Å². The SMILES string of the molecule is CCc1nnc(-n2cncn2)c(C(=O)O)c1CC. The molecule has 0 bridgehead atoms. The molecule has 0 saturated carbocycles. The third kappa shape index (κ3) is 1.94. The van der Waals surface area contributed by atoms with Crippen molar-refractivity contribution in [3.63, 3.8) is 0 Å². The fourth-order valence-electron chi connectivity index (χ4n) is 1.86. The number of aryl methyl sites for hydroxylation is 1. The molecule has 7 nitrogen and oxygen atoms in total. The van der Waals surface area contributed by atoms with Gasteiger partial charge < -0.3 is 5.11 Å². The van der Waals surface area contributed by atoms with Gasteiger partial charge in [0.2, 0.25) is 0 Å². The van der Waals surface area contributed by atoms with Crippen molar-refractivity contribution in [2.75, 3.05) is 0 Å². The fourth-order valence-corrected chi connectivity index (χ4v) is 1.86. The van der Waals surface area contributed by atoms with Gasteiger partial charge in [-0.1, -0.05) is 13.8 Å². The monoisotopic (exact) mass is 247 g/mol. The summed E-state index contributed by atoms with van der Waals surface area (Å²) >= 11 is 0. The molecule has 0 unspecified atom stereocenters. The van der Waals surface area contributed by atoms with Crippen LogP contribution in [0.1, 0.15) is 35.5 Å². The smallest absolute Gasteiger partial charge is 0.339 e. The normalized spacial score (nSPS) is 10.6. The molecule has 0 aliphatic carbocycles. The summed E-state index contributed by atoms with van der Waals surface area (Å²) in [7, 11) is 0. The average Bonchev–Trinajstić information content (AvgIpc) is 2.90. The van der Waals surface area contributed by atoms with Crippen LogP contribution in [0.2, 0.25) is 0 Å². The van der Waals surface area contributed by atoms with E-state index in [1.165, 1.54) is 17.3 Å². The van der Waals surface area contributed by atoms with Crippen molar-refractivity contribution in [3.05, 3.63) is 29.5 Å². The third-order valence-electron chi connectivity index (χ3n) is 2.68. The van der Waals surface area contributed by atoms with Crippen molar-refractivity contribution in [1.82, 2.24) is 25.0 Å². The average molecular weight is 247 g/mol. The van der Waals surface area contributed by atoms with Crippen molar-refractivity contribution in [2.24, 2.45) is 0 Å². The second-order valence-corrected chi connectivity index (χ2v) is 3.68. The van der Waals surface area contributed by atoms with E-state index in [1.54, 1.807) is 0 Å². The lowest BCUT2D eigenvalue weighted by Crippen LogP contribution is -2.15. The van der Waals surface area contributed by atoms with Crippen LogP contribution in [0.5, 0.6) is 0 Å². The van der Waals surface area contributed by atoms with Crippen LogP contribution < -0.4 is 0 Å². The molecule has 2 aromatic heterocycles. The van der Waals surface area contributed by atoms with Gasteiger partial charge in [-0.2, -0.15) is 14.9 Å². The molecule has 0 aliphatic heterocycles. The fraction of sp³-hybridized carbons (Fsp3) is 0.364. The lowest BCUT2D eigenvalue weighted by Gasteiger charge is -2.11. The van der Waals surface area contributed by atoms with Gasteiger partial charge in [-0.15, -0.1) is 5.10 Å². The molecule has 2 rings (SSSR count). The number of rotatable bonds is 4. The van der Waals surface area contributed by atoms with Crippen molar-refractivity contribution in [3.8, 4) is 5.82 Å². The largest absolute Gasteiger partial charge is 0.478 e. The maximum atomic E-state index is 11.4. The van der Waals surface area contributed by atoms with Gasteiger partial charge in [-0.05, 0) is 18.4 Å². The predicted octanol–water partition coefficient (Wildman–Crippen LogP) is 0.880. The number of carboxylic acid groups (broad SMARTS) is 1. The number of carboxylic acids is 1. The highest BCUT2D eigenvalue weighted by molar-refractivity contribution is 5.93. The maximum absolute atomic E-state index is 11.4. The number of hydrogen-bond donors (Lipinski definition) is 1. The Balaban J connectivity index is 2.71. The van der Waals surface area contributed by atoms with E-state index in [9.17, 15) is 9.90 Å². The lowest BCUT2D eigenvalue weighted by atomic mass is 10.0. The summed E-state index contributed by atoms with van der Waals surface area (Å²) in [6.45, 7) is 3.82. The van der Waals surface area contributed by atoms with Crippen LogP contribution in [-0.4, -0.2) is 36.0 Å². The van der Waals surface area contributed by atoms with Crippen LogP contribution in [0.15, 0.2) is 12.7 Å². The van der Waals surface area contributed by atoms with Crippen LogP contribution in [0.4, 0.5) is 0 Å². The molecule has 0 fully saturated rings. The van der Waals surface area contributed by atoms with Gasteiger partial charge in [0, 0.05) is 0 Å². The number of nitrogens with zero attached hydrogens (tertiary/aromatic N) is 5. The second-order valence-electron chi connectivity index (χ2n) is 3.68. The van der Waals surface area contributed by atoms with Crippen LogP contribution in [0, 0.1) is 0 Å². The van der Waals surface area contributed by atoms with E-state index in [0.717, 1.165) is 0 Å². The van der Waals surface area contributed by atoms with E-state index in [-0.39, 0.29) is 11.4 Å². The third-order valence-corrected chi connectivity index (χ3v) is 2.68. The number of hydrogen-bond acceptors (Lipinski definition) is 5. The first-order chi connectivity index (χ1) is 8.69. The Morgan fingerprint density at radius 2 is 2.11 bits per heavy atom. The summed E-state index contributed by atoms with van der Waals surface area (Å²) in [5, 5.41) is 21.3. The molecule has 2 aromatic rings. The van der Waals surface area contributed by atoms with Gasteiger partial charge in [-0.3, -0.25) is 0 Å². The number of aromatic carboxylic acids is 1. The minimum Gasteiger partial charge on any atom is -0.478 e. The zero-order chi connectivity index (χ0) is 13.1. The Morgan fingerprint density at radius 1 is 1.33 bits per heavy atom. The van der Waals surface area contributed by atoms with E-state index < -0.39 is 5.97 Å². The van der Waals surface area contributed by atoms with Gasteiger partial charge in [0.1, 0.15) is 18.2 Å². The topological polar surface area (TPSA) is 93.8 Å². The summed E-state index contributed by atoms with van der Waals surface area (Å²) in [6.07, 6.45) is 3.96. The summed E-state index contributed by atoms with van der Waals surface area (Å²) in [5.41, 5.74) is 1.55. The molecule has 0 aliphatic rings. The summed E-state index contributed by atoms with van der Waals surface area (Å²) < 4.78 is 1.31. The first-order valence-corrected chi connectivity index (χ1v) is 5.65. The van der Waals surface area contributed by atoms with E-state index in [0.29, 0.717) is 24.1 Å². The molecule has 0 amide bonds. The second kappa shape index (κ2) is 4.91. The molecule has 0 spiro atoms. The minimum absolute atomic E-state index is 0.148. The van der Waals surface area contributed by atoms with Crippen molar-refractivity contribution < 1.29 is 9.90 Å². The molecule has 2 heterocycles. The molecular formula is C11H13N5O2. The maximum Gasteiger partial charge on any atom is 0.339 e. The molecule has 0 atom stereocenters. The Kier molecular flexibility index (Phi) is 3.31. The Hall–Kier alpha value is -2.31. The molecule has 0 aromatic carbocycles.